The van der Waals surface area contributed by atoms with Crippen LogP contribution in [0.1, 0.15) is 5.56 Å². The summed E-state index contributed by atoms with van der Waals surface area (Å²) in [7, 11) is 0. The molecule has 0 atom stereocenters. The van der Waals surface area contributed by atoms with E-state index in [0.717, 1.165) is 10.8 Å². The standard InChI is InChI=1S/C14H17FGe/c1-16(2,3)10-11-4-5-13-9-14(15)7-6-12(13)8-11/h4-9H,10H2,1-3H3. The number of halogens is 1. The first-order valence-corrected chi connectivity index (χ1v) is 13.4. The van der Waals surface area contributed by atoms with Gasteiger partial charge < -0.3 is 0 Å². The van der Waals surface area contributed by atoms with Crippen LogP contribution in [0.5, 0.6) is 0 Å². The van der Waals surface area contributed by atoms with E-state index < -0.39 is 13.3 Å². The van der Waals surface area contributed by atoms with Crippen LogP contribution in [0.2, 0.25) is 17.3 Å². The van der Waals surface area contributed by atoms with Gasteiger partial charge in [-0.3, -0.25) is 0 Å². The summed E-state index contributed by atoms with van der Waals surface area (Å²) in [5.41, 5.74) is 1.40. The van der Waals surface area contributed by atoms with Gasteiger partial charge in [0.05, 0.1) is 0 Å². The van der Waals surface area contributed by atoms with Gasteiger partial charge in [-0.1, -0.05) is 0 Å². The molecule has 0 nitrogen and oxygen atoms in total. The number of hydrogen-bond acceptors (Lipinski definition) is 0. The second-order valence-electron chi connectivity index (χ2n) is 5.56. The summed E-state index contributed by atoms with van der Waals surface area (Å²) in [5, 5.41) is 3.36. The number of fused-ring (bicyclic) bond motifs is 1. The number of hydrogen-bond donors (Lipinski definition) is 0. The summed E-state index contributed by atoms with van der Waals surface area (Å²) >= 11 is -1.54. The Morgan fingerprint density at radius 3 is 2.25 bits per heavy atom. The molecule has 0 aromatic heterocycles. The maximum atomic E-state index is 13.0. The molecule has 0 aliphatic carbocycles. The first kappa shape index (κ1) is 11.7. The fourth-order valence-corrected chi connectivity index (χ4v) is 5.02. The van der Waals surface area contributed by atoms with Crippen LogP contribution in [0.25, 0.3) is 10.8 Å². The quantitative estimate of drug-likeness (QED) is 0.714. The van der Waals surface area contributed by atoms with Gasteiger partial charge in [-0.05, 0) is 0 Å². The van der Waals surface area contributed by atoms with Crippen LogP contribution in [0.4, 0.5) is 4.39 Å². The molecule has 0 aliphatic rings. The Kier molecular flexibility index (Phi) is 3.07. The Hall–Kier alpha value is -0.827. The van der Waals surface area contributed by atoms with Crippen molar-refractivity contribution >= 4 is 24.0 Å². The average Bonchev–Trinajstić information content (AvgIpc) is 2.16. The topological polar surface area (TPSA) is 0 Å². The summed E-state index contributed by atoms with van der Waals surface area (Å²) in [6, 6.07) is 11.4. The van der Waals surface area contributed by atoms with Crippen molar-refractivity contribution < 1.29 is 4.39 Å². The van der Waals surface area contributed by atoms with E-state index in [1.807, 2.05) is 12.1 Å². The van der Waals surface area contributed by atoms with Gasteiger partial charge in [0.25, 0.3) is 0 Å². The Labute approximate surface area is 98.8 Å². The zero-order valence-electron chi connectivity index (χ0n) is 10.0. The third-order valence-electron chi connectivity index (χ3n) is 2.60. The minimum absolute atomic E-state index is 0.159. The fraction of sp³-hybridized carbons (Fsp3) is 0.286. The predicted molar refractivity (Wildman–Crippen MR) is 71.0 cm³/mol. The molecule has 0 bridgehead atoms. The van der Waals surface area contributed by atoms with Crippen LogP contribution < -0.4 is 0 Å². The van der Waals surface area contributed by atoms with Crippen molar-refractivity contribution in [2.75, 3.05) is 0 Å². The summed E-state index contributed by atoms with van der Waals surface area (Å²) < 4.78 is 13.0. The second kappa shape index (κ2) is 4.21. The average molecular weight is 277 g/mol. The molecule has 2 rings (SSSR count). The molecule has 0 spiro atoms. The molecule has 0 saturated heterocycles. The summed E-state index contributed by atoms with van der Waals surface area (Å²) in [6.07, 6.45) is 0. The van der Waals surface area contributed by atoms with Crippen molar-refractivity contribution in [3.8, 4) is 0 Å². The number of benzene rings is 2. The molecular weight excluding hydrogens is 260 g/mol. The van der Waals surface area contributed by atoms with Gasteiger partial charge in [0.15, 0.2) is 0 Å². The van der Waals surface area contributed by atoms with Crippen LogP contribution >= 0.6 is 0 Å². The van der Waals surface area contributed by atoms with E-state index >= 15 is 0 Å². The van der Waals surface area contributed by atoms with Crippen molar-refractivity contribution in [2.24, 2.45) is 0 Å². The van der Waals surface area contributed by atoms with Gasteiger partial charge in [-0.2, -0.15) is 0 Å². The van der Waals surface area contributed by atoms with Gasteiger partial charge in [-0.15, -0.1) is 0 Å². The monoisotopic (exact) mass is 278 g/mol. The van der Waals surface area contributed by atoms with Crippen LogP contribution in [-0.2, 0) is 5.25 Å². The number of rotatable bonds is 2. The Balaban J connectivity index is 2.41. The Morgan fingerprint density at radius 2 is 1.56 bits per heavy atom. The van der Waals surface area contributed by atoms with Crippen LogP contribution in [0.15, 0.2) is 36.4 Å². The molecule has 0 N–H and O–H groups in total. The van der Waals surface area contributed by atoms with Crippen LogP contribution in [0, 0.1) is 5.82 Å². The van der Waals surface area contributed by atoms with Crippen molar-refractivity contribution in [3.05, 3.63) is 47.8 Å². The van der Waals surface area contributed by atoms with Crippen molar-refractivity contribution in [1.82, 2.24) is 0 Å². The summed E-state index contributed by atoms with van der Waals surface area (Å²) in [5.74, 6) is 7.08. The molecule has 2 heteroatoms. The van der Waals surface area contributed by atoms with E-state index in [0.29, 0.717) is 0 Å². The van der Waals surface area contributed by atoms with E-state index in [1.165, 1.54) is 16.9 Å². The Morgan fingerprint density at radius 1 is 0.938 bits per heavy atom. The zero-order valence-corrected chi connectivity index (χ0v) is 12.1. The van der Waals surface area contributed by atoms with E-state index in [1.54, 1.807) is 6.07 Å². The van der Waals surface area contributed by atoms with Crippen LogP contribution in [0.3, 0.4) is 0 Å². The SMILES string of the molecule is [CH3][Ge]([CH3])([CH3])[CH2]c1ccc2cc(F)ccc2c1. The van der Waals surface area contributed by atoms with Crippen LogP contribution in [-0.4, -0.2) is 13.3 Å². The van der Waals surface area contributed by atoms with Crippen molar-refractivity contribution in [3.63, 3.8) is 0 Å². The molecule has 84 valence electrons. The van der Waals surface area contributed by atoms with Gasteiger partial charge in [0, 0.05) is 0 Å². The van der Waals surface area contributed by atoms with E-state index in [2.05, 4.69) is 29.4 Å². The maximum absolute atomic E-state index is 13.0. The van der Waals surface area contributed by atoms with E-state index in [4.69, 9.17) is 0 Å². The van der Waals surface area contributed by atoms with E-state index in [-0.39, 0.29) is 5.82 Å². The normalized spacial score (nSPS) is 12.0. The molecule has 2 aromatic rings. The summed E-state index contributed by atoms with van der Waals surface area (Å²) in [4.78, 5) is 0. The molecule has 0 unspecified atom stereocenters. The molecule has 0 amide bonds. The van der Waals surface area contributed by atoms with Gasteiger partial charge in [-0.25, -0.2) is 0 Å². The predicted octanol–water partition coefficient (Wildman–Crippen LogP) is 4.40. The third kappa shape index (κ3) is 2.85. The Bertz CT molecular complexity index is 512. The molecular formula is C14H17FGe. The summed E-state index contributed by atoms with van der Waals surface area (Å²) in [6.45, 7) is 0. The molecule has 2 aromatic carbocycles. The zero-order chi connectivity index (χ0) is 11.8. The molecule has 0 heterocycles. The molecule has 0 radical (unpaired) electrons. The minimum atomic E-state index is -1.54. The molecule has 0 saturated carbocycles. The third-order valence-corrected chi connectivity index (χ3v) is 5.68. The van der Waals surface area contributed by atoms with Gasteiger partial charge >= 0.3 is 98.7 Å². The fourth-order valence-electron chi connectivity index (χ4n) is 1.99. The first-order chi connectivity index (χ1) is 7.44. The first-order valence-electron chi connectivity index (χ1n) is 5.62. The molecule has 0 fully saturated rings. The van der Waals surface area contributed by atoms with Crippen molar-refractivity contribution in [1.29, 1.82) is 0 Å². The molecule has 0 aliphatic heterocycles. The van der Waals surface area contributed by atoms with E-state index in [9.17, 15) is 4.39 Å². The molecule has 16 heavy (non-hydrogen) atoms. The van der Waals surface area contributed by atoms with Gasteiger partial charge in [0.2, 0.25) is 0 Å². The van der Waals surface area contributed by atoms with Gasteiger partial charge in [0.1, 0.15) is 0 Å². The second-order valence-corrected chi connectivity index (χ2v) is 17.0. The van der Waals surface area contributed by atoms with Crippen molar-refractivity contribution in [2.45, 2.75) is 22.5 Å².